The van der Waals surface area contributed by atoms with Gasteiger partial charge in [0.1, 0.15) is 11.0 Å². The molecule has 0 amide bonds. The van der Waals surface area contributed by atoms with Crippen LogP contribution in [-0.2, 0) is 6.54 Å². The quantitative estimate of drug-likeness (QED) is 0.443. The van der Waals surface area contributed by atoms with E-state index < -0.39 is 0 Å². The highest BCUT2D eigenvalue weighted by molar-refractivity contribution is 7.73. The molecule has 0 saturated carbocycles. The number of fused-ring (bicyclic) bond motifs is 1. The highest BCUT2D eigenvalue weighted by Crippen LogP contribution is 2.30. The van der Waals surface area contributed by atoms with E-state index in [1.807, 2.05) is 30.5 Å². The first kappa shape index (κ1) is 16.1. The van der Waals surface area contributed by atoms with E-state index in [0.29, 0.717) is 11.7 Å². The first-order valence-corrected chi connectivity index (χ1v) is 8.12. The molecule has 2 aliphatic heterocycles. The number of hydrogen-bond acceptors (Lipinski definition) is 3. The van der Waals surface area contributed by atoms with Crippen molar-refractivity contribution in [2.75, 3.05) is 0 Å². The Morgan fingerprint density at radius 2 is 2.10 bits per heavy atom. The van der Waals surface area contributed by atoms with E-state index in [0.717, 1.165) is 20.0 Å². The Morgan fingerprint density at radius 3 is 2.76 bits per heavy atom. The smallest absolute Gasteiger partial charge is 0.140 e. The van der Waals surface area contributed by atoms with Gasteiger partial charge in [0.25, 0.3) is 0 Å². The molecule has 0 spiro atoms. The first-order valence-electron chi connectivity index (χ1n) is 6.52. The van der Waals surface area contributed by atoms with Crippen LogP contribution >= 0.6 is 35.2 Å². The molecule has 110 valence electrons. The zero-order valence-electron chi connectivity index (χ0n) is 11.6. The van der Waals surface area contributed by atoms with Crippen LogP contribution in [-0.4, -0.2) is 9.55 Å². The molecule has 0 unspecified atom stereocenters. The highest BCUT2D eigenvalue weighted by atomic mass is 35.5. The van der Waals surface area contributed by atoms with Crippen molar-refractivity contribution in [3.63, 3.8) is 0 Å². The summed E-state index contributed by atoms with van der Waals surface area (Å²) < 4.78 is 16.2. The summed E-state index contributed by atoms with van der Waals surface area (Å²) in [4.78, 5) is 4.88. The van der Waals surface area contributed by atoms with Gasteiger partial charge in [0, 0.05) is 18.9 Å². The van der Waals surface area contributed by atoms with E-state index in [2.05, 4.69) is 4.98 Å². The first-order chi connectivity index (χ1) is 10.1. The number of rotatable bonds is 2. The molecular formula is C15H14ClFN2S2. The second-order valence-electron chi connectivity index (χ2n) is 4.09. The van der Waals surface area contributed by atoms with Gasteiger partial charge in [0.15, 0.2) is 0 Å². The number of pyridine rings is 2. The molecule has 0 aromatic carbocycles. The monoisotopic (exact) mass is 340 g/mol. The van der Waals surface area contributed by atoms with Crippen molar-refractivity contribution in [2.24, 2.45) is 0 Å². The number of aromatic nitrogens is 2. The van der Waals surface area contributed by atoms with E-state index in [4.69, 9.17) is 23.8 Å². The lowest BCUT2D eigenvalue weighted by Crippen LogP contribution is -2.04. The Balaban J connectivity index is 0.000000774. The summed E-state index contributed by atoms with van der Waals surface area (Å²) in [6.07, 6.45) is 3.16. The SMILES string of the molecule is CC.Fc1cc2sc(=S)cc-2n(Cc2ccc(Cl)nc2)c1. The summed E-state index contributed by atoms with van der Waals surface area (Å²) >= 11 is 12.3. The molecule has 6 heteroatoms. The molecule has 2 nitrogen and oxygen atoms in total. The van der Waals surface area contributed by atoms with Crippen LogP contribution in [0, 0.1) is 9.64 Å². The Bertz CT molecular complexity index is 749. The third-order valence-electron chi connectivity index (χ3n) is 2.72. The molecule has 0 aliphatic carbocycles. The fraction of sp³-hybridized carbons (Fsp3) is 0.200. The largest absolute Gasteiger partial charge is 0.339 e. The van der Waals surface area contributed by atoms with Crippen molar-refractivity contribution in [2.45, 2.75) is 20.4 Å². The van der Waals surface area contributed by atoms with Gasteiger partial charge in [0.2, 0.25) is 0 Å². The molecule has 3 heterocycles. The van der Waals surface area contributed by atoms with Gasteiger partial charge in [0.05, 0.1) is 14.4 Å². The van der Waals surface area contributed by atoms with Crippen molar-refractivity contribution in [3.05, 3.63) is 57.0 Å². The second-order valence-corrected chi connectivity index (χ2v) is 6.26. The molecule has 0 atom stereocenters. The lowest BCUT2D eigenvalue weighted by Gasteiger charge is -2.12. The maximum absolute atomic E-state index is 13.6. The van der Waals surface area contributed by atoms with Gasteiger partial charge in [-0.05, 0) is 23.8 Å². The number of halogens is 2. The van der Waals surface area contributed by atoms with Crippen molar-refractivity contribution >= 4 is 35.2 Å². The van der Waals surface area contributed by atoms with Gasteiger partial charge in [-0.2, -0.15) is 0 Å². The average Bonchev–Trinajstić information content (AvgIpc) is 2.84. The summed E-state index contributed by atoms with van der Waals surface area (Å²) in [7, 11) is 0. The molecular weight excluding hydrogens is 327 g/mol. The van der Waals surface area contributed by atoms with E-state index in [1.54, 1.807) is 12.3 Å². The van der Waals surface area contributed by atoms with Gasteiger partial charge < -0.3 is 4.57 Å². The van der Waals surface area contributed by atoms with Gasteiger partial charge in [-0.3, -0.25) is 0 Å². The Hall–Kier alpha value is -1.30. The fourth-order valence-electron chi connectivity index (χ4n) is 1.91. The van der Waals surface area contributed by atoms with Gasteiger partial charge in [-0.1, -0.05) is 43.7 Å². The van der Waals surface area contributed by atoms with Crippen LogP contribution in [0.4, 0.5) is 4.39 Å². The summed E-state index contributed by atoms with van der Waals surface area (Å²) in [5, 5.41) is 0.446. The van der Waals surface area contributed by atoms with Crippen molar-refractivity contribution in [1.29, 1.82) is 0 Å². The van der Waals surface area contributed by atoms with E-state index in [1.165, 1.54) is 23.6 Å². The highest BCUT2D eigenvalue weighted by Gasteiger charge is 2.11. The lowest BCUT2D eigenvalue weighted by molar-refractivity contribution is 0.603. The van der Waals surface area contributed by atoms with Crippen LogP contribution in [0.3, 0.4) is 0 Å². The molecule has 1 aromatic rings. The molecule has 0 radical (unpaired) electrons. The third kappa shape index (κ3) is 3.87. The summed E-state index contributed by atoms with van der Waals surface area (Å²) in [6.45, 7) is 4.53. The van der Waals surface area contributed by atoms with Crippen LogP contribution in [0.15, 0.2) is 36.7 Å². The third-order valence-corrected chi connectivity index (χ3v) is 4.17. The molecule has 0 bridgehead atoms. The van der Waals surface area contributed by atoms with Crippen molar-refractivity contribution < 1.29 is 4.39 Å². The number of nitrogens with zero attached hydrogens (tertiary/aromatic N) is 2. The average molecular weight is 341 g/mol. The predicted octanol–water partition coefficient (Wildman–Crippen LogP) is 5.65. The van der Waals surface area contributed by atoms with Crippen LogP contribution in [0.5, 0.6) is 0 Å². The maximum atomic E-state index is 13.6. The van der Waals surface area contributed by atoms with E-state index in [9.17, 15) is 4.39 Å². The minimum Gasteiger partial charge on any atom is -0.339 e. The second kappa shape index (κ2) is 7.11. The van der Waals surface area contributed by atoms with Gasteiger partial charge in [-0.25, -0.2) is 9.37 Å². The van der Waals surface area contributed by atoms with Crippen LogP contribution in [0.2, 0.25) is 5.15 Å². The molecule has 0 saturated heterocycles. The zero-order chi connectivity index (χ0) is 15.4. The Labute approximate surface area is 137 Å². The topological polar surface area (TPSA) is 17.8 Å². The minimum atomic E-state index is -0.272. The Morgan fingerprint density at radius 1 is 1.33 bits per heavy atom. The normalized spacial score (nSPS) is 10.3. The molecule has 3 rings (SSSR count). The zero-order valence-corrected chi connectivity index (χ0v) is 14.0. The van der Waals surface area contributed by atoms with Crippen molar-refractivity contribution in [1.82, 2.24) is 9.55 Å². The summed E-state index contributed by atoms with van der Waals surface area (Å²) in [5.74, 6) is -0.272. The summed E-state index contributed by atoms with van der Waals surface area (Å²) in [5.41, 5.74) is 1.89. The minimum absolute atomic E-state index is 0.272. The number of hydrogen-bond donors (Lipinski definition) is 0. The molecule has 1 aromatic heterocycles. The number of thiophene rings is 1. The van der Waals surface area contributed by atoms with Crippen molar-refractivity contribution in [3.8, 4) is 10.6 Å². The maximum Gasteiger partial charge on any atom is 0.140 e. The molecule has 2 aliphatic rings. The van der Waals surface area contributed by atoms with Gasteiger partial charge in [-0.15, -0.1) is 11.3 Å². The van der Waals surface area contributed by atoms with E-state index >= 15 is 0 Å². The summed E-state index contributed by atoms with van der Waals surface area (Å²) in [6, 6.07) is 6.99. The van der Waals surface area contributed by atoms with Gasteiger partial charge >= 0.3 is 0 Å². The molecule has 0 fully saturated rings. The van der Waals surface area contributed by atoms with Crippen LogP contribution in [0.1, 0.15) is 19.4 Å². The lowest BCUT2D eigenvalue weighted by atomic mass is 10.2. The van der Waals surface area contributed by atoms with E-state index in [-0.39, 0.29) is 5.82 Å². The standard InChI is InChI=1S/C13H8ClFN2S2.C2H6/c14-12-2-1-8(5-16-12)6-17-7-9(15)3-11-10(17)4-13(18)19-11;1-2/h1-5,7H,6H2;1-2H3. The molecule has 21 heavy (non-hydrogen) atoms. The van der Waals surface area contributed by atoms with Crippen LogP contribution < -0.4 is 0 Å². The predicted molar refractivity (Wildman–Crippen MR) is 89.4 cm³/mol. The fourth-order valence-corrected chi connectivity index (χ4v) is 3.24. The molecule has 0 N–H and O–H groups in total. The Kier molecular flexibility index (Phi) is 5.45. The van der Waals surface area contributed by atoms with Crippen LogP contribution in [0.25, 0.3) is 10.6 Å².